The second-order valence-corrected chi connectivity index (χ2v) is 20.4. The van der Waals surface area contributed by atoms with E-state index in [1.165, 1.54) is 30.4 Å². The summed E-state index contributed by atoms with van der Waals surface area (Å²) < 4.78 is 0. The van der Waals surface area contributed by atoms with Crippen LogP contribution in [0.2, 0.25) is 0 Å². The van der Waals surface area contributed by atoms with Gasteiger partial charge in [0.2, 0.25) is 0 Å². The summed E-state index contributed by atoms with van der Waals surface area (Å²) in [5.41, 5.74) is 7.50. The highest BCUT2D eigenvalue weighted by Gasteiger charge is 2.55. The van der Waals surface area contributed by atoms with Gasteiger partial charge in [-0.2, -0.15) is 0 Å². The van der Waals surface area contributed by atoms with Gasteiger partial charge < -0.3 is 10.2 Å². The van der Waals surface area contributed by atoms with Crippen LogP contribution in [0.4, 0.5) is 22.7 Å². The van der Waals surface area contributed by atoms with Crippen LogP contribution in [-0.2, 0) is 63.0 Å². The van der Waals surface area contributed by atoms with Gasteiger partial charge in [-0.1, -0.05) is 93.1 Å². The van der Waals surface area contributed by atoms with Gasteiger partial charge in [0.05, 0.1) is 28.7 Å². The number of fused-ring (bicyclic) bond motifs is 2. The van der Waals surface area contributed by atoms with Crippen molar-refractivity contribution in [3.05, 3.63) is 219 Å². The zero-order chi connectivity index (χ0) is 53.3. The van der Waals surface area contributed by atoms with E-state index in [0.29, 0.717) is 42.0 Å². The molecule has 0 aromatic heterocycles. The zero-order valence-corrected chi connectivity index (χ0v) is 41.7. The number of carbonyl (C=O) groups is 8. The van der Waals surface area contributed by atoms with E-state index in [9.17, 15) is 39.0 Å². The van der Waals surface area contributed by atoms with E-state index in [1.807, 2.05) is 87.5 Å². The smallest absolute Gasteiger partial charge is 0.262 e. The molecule has 0 saturated heterocycles. The molecule has 0 saturated carbocycles. The normalized spacial score (nSPS) is 20.4. The molecule has 11 rings (SSSR count). The number of amides is 8. The van der Waals surface area contributed by atoms with Gasteiger partial charge in [0, 0.05) is 52.5 Å². The summed E-state index contributed by atoms with van der Waals surface area (Å²) in [7, 11) is 0. The lowest BCUT2D eigenvalue weighted by molar-refractivity contribution is -0.122. The molecule has 0 fully saturated rings. The molecule has 2 aliphatic carbocycles. The van der Waals surface area contributed by atoms with E-state index in [-0.39, 0.29) is 41.1 Å². The maximum atomic E-state index is 15.1. The molecule has 8 amide bonds. The van der Waals surface area contributed by atoms with Crippen molar-refractivity contribution in [3.8, 4) is 5.75 Å². The molecule has 3 atom stereocenters. The van der Waals surface area contributed by atoms with Gasteiger partial charge in [0.1, 0.15) is 11.5 Å². The minimum Gasteiger partial charge on any atom is -0.512 e. The highest BCUT2D eigenvalue weighted by atomic mass is 16.3. The van der Waals surface area contributed by atoms with Gasteiger partial charge in [-0.3, -0.25) is 38.4 Å². The van der Waals surface area contributed by atoms with Crippen LogP contribution in [0.25, 0.3) is 0 Å². The van der Waals surface area contributed by atoms with Crippen LogP contribution >= 0.6 is 0 Å². The zero-order valence-electron chi connectivity index (χ0n) is 41.7. The number of hydrogen-bond acceptors (Lipinski definition) is 10. The summed E-state index contributed by atoms with van der Waals surface area (Å²) in [5.74, 6) is -5.91. The highest BCUT2D eigenvalue weighted by Crippen LogP contribution is 2.55. The Kier molecular flexibility index (Phi) is 12.2. The maximum Gasteiger partial charge on any atom is 0.262 e. The number of allylic oxidation sites excluding steroid dienone is 4. The number of anilines is 4. The van der Waals surface area contributed by atoms with Crippen molar-refractivity contribution >= 4 is 70.0 Å². The molecular formula is C62H50N4O10. The van der Waals surface area contributed by atoms with Gasteiger partial charge in [-0.05, 0) is 138 Å². The summed E-state index contributed by atoms with van der Waals surface area (Å²) in [4.78, 5) is 112. The monoisotopic (exact) mass is 1010 g/mol. The lowest BCUT2D eigenvalue weighted by Gasteiger charge is -2.44. The Morgan fingerprint density at radius 2 is 0.961 bits per heavy atom. The van der Waals surface area contributed by atoms with Crippen LogP contribution < -0.4 is 19.6 Å². The number of phenolic OH excluding ortho intramolecular Hbond substituents is 1. The van der Waals surface area contributed by atoms with Crippen LogP contribution in [0.5, 0.6) is 5.75 Å². The lowest BCUT2D eigenvalue weighted by Crippen LogP contribution is -2.39. The highest BCUT2D eigenvalue weighted by molar-refractivity contribution is 6.34. The molecular weight excluding hydrogens is 961 g/mol. The average molecular weight is 1010 g/mol. The molecule has 4 aliphatic heterocycles. The second-order valence-electron chi connectivity index (χ2n) is 20.4. The summed E-state index contributed by atoms with van der Waals surface area (Å²) in [6, 6.07) is 33.6. The van der Waals surface area contributed by atoms with Crippen molar-refractivity contribution < 1.29 is 48.6 Å². The Bertz CT molecular complexity index is 3540. The molecule has 3 unspecified atom stereocenters. The fourth-order valence-electron chi connectivity index (χ4n) is 11.6. The average Bonchev–Trinajstić information content (AvgIpc) is 4.10. The van der Waals surface area contributed by atoms with E-state index >= 15 is 9.59 Å². The summed E-state index contributed by atoms with van der Waals surface area (Å²) in [6.07, 6.45) is 11.4. The predicted molar refractivity (Wildman–Crippen MR) is 284 cm³/mol. The van der Waals surface area contributed by atoms with Crippen LogP contribution in [0.3, 0.4) is 0 Å². The molecule has 0 spiro atoms. The topological polar surface area (TPSA) is 190 Å². The molecule has 76 heavy (non-hydrogen) atoms. The van der Waals surface area contributed by atoms with Crippen molar-refractivity contribution in [2.45, 2.75) is 58.3 Å². The molecule has 0 bridgehead atoms. The number of rotatable bonds is 13. The standard InChI is InChI=1S/C62H50N4O10/c1-4-39-32-42(13-23-49(39)67)62(2,3)48-22-24-50(68)57-47(48)33-40(31-41-34-55(73)65(59(41)74)45-18-9-37(10-19-45)29-35-5-14-43(15-6-35)63-51(69)25-26-52(63)70)56-58(57)61(76)66(60(56)75)46-20-11-38(12-21-46)30-36-7-16-44(17-8-36)64-53(71)27-28-54(64)72/h5-28,32,34,40,47,57,67-68H,4,29-31,33H2,1-3H3. The maximum absolute atomic E-state index is 15.1. The first-order valence-electron chi connectivity index (χ1n) is 25.1. The molecule has 4 heterocycles. The Labute approximate surface area is 437 Å². The molecule has 5 aromatic carbocycles. The molecule has 5 aromatic rings. The molecule has 6 aliphatic rings. The number of aliphatic hydroxyl groups excluding tert-OH is 1. The van der Waals surface area contributed by atoms with Crippen molar-refractivity contribution in [3.63, 3.8) is 0 Å². The summed E-state index contributed by atoms with van der Waals surface area (Å²) >= 11 is 0. The van der Waals surface area contributed by atoms with Crippen LogP contribution in [0.15, 0.2) is 186 Å². The number of aliphatic hydroxyl groups is 1. The third-order valence-corrected chi connectivity index (χ3v) is 15.5. The SMILES string of the molecule is CCc1cc(C(C)(C)C2=CC=C(O)C3C4=C(C(=O)N(c5ccc(Cc6ccc(N7C(=O)C=CC7=O)cc6)cc5)C4=O)C(CC4=CC(=O)N(c5ccc(Cc6ccc(N7C(=O)C=CC7=O)cc6)cc5)C4=O)CC23)ccc1O. The van der Waals surface area contributed by atoms with Gasteiger partial charge in [0.25, 0.3) is 47.3 Å². The van der Waals surface area contributed by atoms with Crippen molar-refractivity contribution in [1.82, 2.24) is 0 Å². The number of carbonyl (C=O) groups excluding carboxylic acids is 8. The Balaban J connectivity index is 0.863. The van der Waals surface area contributed by atoms with E-state index in [2.05, 4.69) is 0 Å². The Morgan fingerprint density at radius 1 is 0.513 bits per heavy atom. The largest absolute Gasteiger partial charge is 0.512 e. The summed E-state index contributed by atoms with van der Waals surface area (Å²) in [6.45, 7) is 6.06. The number of aryl methyl sites for hydroxylation is 1. The first-order chi connectivity index (χ1) is 36.5. The molecule has 378 valence electrons. The Hall–Kier alpha value is -9.30. The quantitative estimate of drug-likeness (QED) is 0.108. The molecule has 14 nitrogen and oxygen atoms in total. The van der Waals surface area contributed by atoms with E-state index in [0.717, 1.165) is 58.6 Å². The van der Waals surface area contributed by atoms with Crippen LogP contribution in [-0.4, -0.2) is 57.5 Å². The van der Waals surface area contributed by atoms with Gasteiger partial charge >= 0.3 is 0 Å². The number of benzene rings is 5. The van der Waals surface area contributed by atoms with Gasteiger partial charge in [0.15, 0.2) is 0 Å². The number of hydrogen-bond donors (Lipinski definition) is 2. The predicted octanol–water partition coefficient (Wildman–Crippen LogP) is 8.67. The van der Waals surface area contributed by atoms with E-state index in [1.54, 1.807) is 60.7 Å². The second kappa shape index (κ2) is 18.9. The van der Waals surface area contributed by atoms with E-state index < -0.39 is 70.4 Å². The summed E-state index contributed by atoms with van der Waals surface area (Å²) in [5, 5.41) is 22.5. The number of phenols is 1. The van der Waals surface area contributed by atoms with Gasteiger partial charge in [-0.15, -0.1) is 0 Å². The third-order valence-electron chi connectivity index (χ3n) is 15.5. The van der Waals surface area contributed by atoms with Crippen molar-refractivity contribution in [1.29, 1.82) is 0 Å². The molecule has 0 radical (unpaired) electrons. The first-order valence-corrected chi connectivity index (χ1v) is 25.1. The van der Waals surface area contributed by atoms with Crippen LogP contribution in [0.1, 0.15) is 67.0 Å². The minimum atomic E-state index is -0.891. The number of aromatic hydroxyl groups is 1. The van der Waals surface area contributed by atoms with Crippen molar-refractivity contribution in [2.24, 2.45) is 17.8 Å². The first kappa shape index (κ1) is 48.9. The van der Waals surface area contributed by atoms with E-state index in [4.69, 9.17) is 0 Å². The molecule has 14 heteroatoms. The van der Waals surface area contributed by atoms with Crippen molar-refractivity contribution in [2.75, 3.05) is 19.6 Å². The molecule has 2 N–H and O–H groups in total. The number of imide groups is 4. The minimum absolute atomic E-state index is 0.0412. The van der Waals surface area contributed by atoms with Crippen LogP contribution in [0, 0.1) is 17.8 Å². The third kappa shape index (κ3) is 8.41. The lowest BCUT2D eigenvalue weighted by atomic mass is 9.59. The Morgan fingerprint density at radius 3 is 1.43 bits per heavy atom. The fraction of sp³-hybridized carbons (Fsp3) is 0.194. The fourth-order valence-corrected chi connectivity index (χ4v) is 11.6. The van der Waals surface area contributed by atoms with Gasteiger partial charge in [-0.25, -0.2) is 19.6 Å². The number of nitrogens with zero attached hydrogens (tertiary/aromatic N) is 4.